The molecule has 0 heterocycles. The van der Waals surface area contributed by atoms with Crippen LogP contribution in [0.3, 0.4) is 0 Å². The molecule has 0 aliphatic heterocycles. The van der Waals surface area contributed by atoms with Crippen molar-refractivity contribution in [2.45, 2.75) is 0 Å². The van der Waals surface area contributed by atoms with Crippen LogP contribution in [0.1, 0.15) is 5.56 Å². The molecule has 5 heteroatoms. The van der Waals surface area contributed by atoms with E-state index in [1.54, 1.807) is 55.6 Å². The van der Waals surface area contributed by atoms with Gasteiger partial charge in [-0.3, -0.25) is 0 Å². The number of benzene rings is 2. The van der Waals surface area contributed by atoms with Crippen LogP contribution in [0.2, 0.25) is 0 Å². The first-order chi connectivity index (χ1) is 10.6. The number of hydrogen-bond acceptors (Lipinski definition) is 4. The monoisotopic (exact) mass is 300 g/mol. The van der Waals surface area contributed by atoms with Crippen molar-refractivity contribution in [3.63, 3.8) is 0 Å². The molecule has 114 valence electrons. The fraction of sp³-hybridized carbons (Fsp3) is 0.118. The van der Waals surface area contributed by atoms with Crippen LogP contribution in [-0.4, -0.2) is 25.3 Å². The molecule has 0 aliphatic rings. The van der Waals surface area contributed by atoms with Gasteiger partial charge in [-0.25, -0.2) is 4.79 Å². The second-order valence-electron chi connectivity index (χ2n) is 4.34. The summed E-state index contributed by atoms with van der Waals surface area (Å²) in [6.45, 7) is 0. The maximum atomic E-state index is 11.4. The van der Waals surface area contributed by atoms with E-state index in [9.17, 15) is 9.90 Å². The lowest BCUT2D eigenvalue weighted by molar-refractivity contribution is -0.134. The Labute approximate surface area is 128 Å². The van der Waals surface area contributed by atoms with E-state index in [-0.39, 0.29) is 5.76 Å². The summed E-state index contributed by atoms with van der Waals surface area (Å²) in [6, 6.07) is 13.8. The number of hydrogen-bond donors (Lipinski definition) is 1. The molecular formula is C17H16O5. The molecule has 0 aliphatic carbocycles. The predicted octanol–water partition coefficient (Wildman–Crippen LogP) is 3.21. The first-order valence-electron chi connectivity index (χ1n) is 6.54. The standard InChI is InChI=1S/C17H16O5/c1-20-13-9-7-12(8-10-13)11-16(17(18)19)22-15-6-4-3-5-14(15)21-2/h3-11H,1-2H3,(H,18,19)/b16-11-. The van der Waals surface area contributed by atoms with Gasteiger partial charge in [0, 0.05) is 0 Å². The van der Waals surface area contributed by atoms with Gasteiger partial charge in [-0.05, 0) is 35.9 Å². The van der Waals surface area contributed by atoms with Crippen molar-refractivity contribution in [3.05, 3.63) is 59.9 Å². The average Bonchev–Trinajstić information content (AvgIpc) is 2.55. The Morgan fingerprint density at radius 1 is 0.955 bits per heavy atom. The summed E-state index contributed by atoms with van der Waals surface area (Å²) in [5.41, 5.74) is 0.688. The number of aliphatic carboxylic acids is 1. The topological polar surface area (TPSA) is 65.0 Å². The summed E-state index contributed by atoms with van der Waals surface area (Å²) in [6.07, 6.45) is 1.44. The largest absolute Gasteiger partial charge is 0.497 e. The summed E-state index contributed by atoms with van der Waals surface area (Å²) in [7, 11) is 3.06. The highest BCUT2D eigenvalue weighted by Crippen LogP contribution is 2.28. The zero-order valence-electron chi connectivity index (χ0n) is 12.3. The first kappa shape index (κ1) is 15.4. The Bertz CT molecular complexity index is 674. The first-order valence-corrected chi connectivity index (χ1v) is 6.54. The van der Waals surface area contributed by atoms with Crippen LogP contribution >= 0.6 is 0 Å². The van der Waals surface area contributed by atoms with Gasteiger partial charge in [-0.1, -0.05) is 24.3 Å². The van der Waals surface area contributed by atoms with E-state index >= 15 is 0 Å². The zero-order chi connectivity index (χ0) is 15.9. The van der Waals surface area contributed by atoms with Crippen LogP contribution in [-0.2, 0) is 4.79 Å². The SMILES string of the molecule is COc1ccc(/C=C(\Oc2ccccc2OC)C(=O)O)cc1. The minimum absolute atomic E-state index is 0.199. The molecule has 0 fully saturated rings. The van der Waals surface area contributed by atoms with Crippen molar-refractivity contribution in [2.75, 3.05) is 14.2 Å². The minimum atomic E-state index is -1.17. The fourth-order valence-electron chi connectivity index (χ4n) is 1.81. The molecule has 0 bridgehead atoms. The van der Waals surface area contributed by atoms with Crippen molar-refractivity contribution in [2.24, 2.45) is 0 Å². The molecule has 0 saturated carbocycles. The molecule has 5 nitrogen and oxygen atoms in total. The van der Waals surface area contributed by atoms with Crippen molar-refractivity contribution in [3.8, 4) is 17.2 Å². The summed E-state index contributed by atoms with van der Waals surface area (Å²) in [5, 5.41) is 9.30. The number of para-hydroxylation sites is 2. The maximum Gasteiger partial charge on any atom is 0.371 e. The van der Waals surface area contributed by atoms with E-state index in [1.807, 2.05) is 0 Å². The Balaban J connectivity index is 2.29. The molecule has 22 heavy (non-hydrogen) atoms. The smallest absolute Gasteiger partial charge is 0.371 e. The lowest BCUT2D eigenvalue weighted by Crippen LogP contribution is -2.08. The van der Waals surface area contributed by atoms with Gasteiger partial charge >= 0.3 is 5.97 Å². The molecule has 0 saturated heterocycles. The van der Waals surface area contributed by atoms with E-state index < -0.39 is 5.97 Å². The van der Waals surface area contributed by atoms with Crippen molar-refractivity contribution < 1.29 is 24.1 Å². The van der Waals surface area contributed by atoms with Gasteiger partial charge in [0.15, 0.2) is 11.5 Å². The van der Waals surface area contributed by atoms with E-state index in [1.165, 1.54) is 13.2 Å². The van der Waals surface area contributed by atoms with Gasteiger partial charge in [-0.15, -0.1) is 0 Å². The lowest BCUT2D eigenvalue weighted by Gasteiger charge is -2.10. The summed E-state index contributed by atoms with van der Waals surface area (Å²) in [5.74, 6) is 0.132. The number of carboxylic acid groups (broad SMARTS) is 1. The van der Waals surface area contributed by atoms with Crippen LogP contribution in [0.5, 0.6) is 17.2 Å². The lowest BCUT2D eigenvalue weighted by atomic mass is 10.2. The average molecular weight is 300 g/mol. The molecule has 0 aromatic heterocycles. The van der Waals surface area contributed by atoms with Gasteiger partial charge in [0.1, 0.15) is 5.75 Å². The normalized spacial score (nSPS) is 10.9. The van der Waals surface area contributed by atoms with Crippen LogP contribution in [0, 0.1) is 0 Å². The third-order valence-corrected chi connectivity index (χ3v) is 2.91. The summed E-state index contributed by atoms with van der Waals surface area (Å²) < 4.78 is 15.7. The molecule has 1 N–H and O–H groups in total. The van der Waals surface area contributed by atoms with Gasteiger partial charge < -0.3 is 19.3 Å². The molecule has 2 rings (SSSR count). The van der Waals surface area contributed by atoms with Crippen LogP contribution in [0.15, 0.2) is 54.3 Å². The summed E-state index contributed by atoms with van der Waals surface area (Å²) in [4.78, 5) is 11.4. The van der Waals surface area contributed by atoms with Crippen molar-refractivity contribution >= 4 is 12.0 Å². The molecule has 0 atom stereocenters. The van der Waals surface area contributed by atoms with Crippen molar-refractivity contribution in [1.82, 2.24) is 0 Å². The van der Waals surface area contributed by atoms with E-state index in [2.05, 4.69) is 0 Å². The van der Waals surface area contributed by atoms with Crippen LogP contribution in [0.4, 0.5) is 0 Å². The number of ether oxygens (including phenoxy) is 3. The van der Waals surface area contributed by atoms with Gasteiger partial charge in [0.2, 0.25) is 5.76 Å². The van der Waals surface area contributed by atoms with E-state index in [4.69, 9.17) is 14.2 Å². The minimum Gasteiger partial charge on any atom is -0.497 e. The van der Waals surface area contributed by atoms with Crippen molar-refractivity contribution in [1.29, 1.82) is 0 Å². The van der Waals surface area contributed by atoms with Crippen LogP contribution in [0.25, 0.3) is 6.08 Å². The van der Waals surface area contributed by atoms with E-state index in [0.29, 0.717) is 22.8 Å². The Kier molecular flexibility index (Phi) is 5.03. The van der Waals surface area contributed by atoms with Crippen LogP contribution < -0.4 is 14.2 Å². The molecule has 2 aromatic rings. The Morgan fingerprint density at radius 3 is 2.14 bits per heavy atom. The number of carbonyl (C=O) groups is 1. The quantitative estimate of drug-likeness (QED) is 0.655. The second kappa shape index (κ2) is 7.17. The maximum absolute atomic E-state index is 11.4. The highest BCUT2D eigenvalue weighted by molar-refractivity contribution is 5.90. The predicted molar refractivity (Wildman–Crippen MR) is 82.2 cm³/mol. The van der Waals surface area contributed by atoms with E-state index in [0.717, 1.165) is 0 Å². The molecule has 2 aromatic carbocycles. The Morgan fingerprint density at radius 2 is 1.59 bits per heavy atom. The third kappa shape index (κ3) is 3.79. The zero-order valence-corrected chi connectivity index (χ0v) is 12.3. The molecule has 0 unspecified atom stereocenters. The third-order valence-electron chi connectivity index (χ3n) is 2.91. The fourth-order valence-corrected chi connectivity index (χ4v) is 1.81. The highest BCUT2D eigenvalue weighted by Gasteiger charge is 2.13. The van der Waals surface area contributed by atoms with Gasteiger partial charge in [0.25, 0.3) is 0 Å². The number of carboxylic acids is 1. The molecule has 0 radical (unpaired) electrons. The number of rotatable bonds is 6. The molecular weight excluding hydrogens is 284 g/mol. The van der Waals surface area contributed by atoms with Gasteiger partial charge in [0.05, 0.1) is 14.2 Å². The second-order valence-corrected chi connectivity index (χ2v) is 4.34. The molecule has 0 spiro atoms. The summed E-state index contributed by atoms with van der Waals surface area (Å²) >= 11 is 0. The van der Waals surface area contributed by atoms with Gasteiger partial charge in [-0.2, -0.15) is 0 Å². The number of methoxy groups -OCH3 is 2. The highest BCUT2D eigenvalue weighted by atomic mass is 16.5. The Hall–Kier alpha value is -2.95. The molecule has 0 amide bonds.